The molecule has 2 aliphatic heterocycles. The molecule has 6 aromatic heterocycles. The minimum atomic E-state index is -0.325. The fourth-order valence-corrected chi connectivity index (χ4v) is 22.5. The highest BCUT2D eigenvalue weighted by molar-refractivity contribution is 6.36. The number of nitrogens with one attached hydrogen (secondary N) is 2. The van der Waals surface area contributed by atoms with Crippen LogP contribution in [0.2, 0.25) is 10.0 Å². The zero-order valence-corrected chi connectivity index (χ0v) is 87.7. The van der Waals surface area contributed by atoms with E-state index >= 15 is 0 Å². The SMILES string of the molecule is CC(N)[C@@H](C(=O)Cc1cc2ccncc2cc1Cl)C1CCCCC1.CCN(C)C[C@@H](C(=O)Cc1ccc2cnccc2c1F)c1ccccc1.CNCC[C@H](C(=O)Cc1ccc2cnccc2c1)c1ccccc1.NC[C@@H](C(=O)Cc1ccc2c(N)nccc2c1)c1ccccc1.O=C(Cc1ccc2cnccc2c1)[C@H](CN1CCCCC1)c1ccccc1.O=C(Cc1ccc2cnccc2c1Cl)[C@@H](C1CCCC1)C1CCCN1. The number of hydrogen-bond acceptors (Lipinski definition) is 19. The van der Waals surface area contributed by atoms with Gasteiger partial charge in [-0.05, 0) is 249 Å². The van der Waals surface area contributed by atoms with E-state index in [-0.39, 0.29) is 76.9 Å². The van der Waals surface area contributed by atoms with Crippen LogP contribution in [-0.4, -0.2) is 153 Å². The number of fused-ring (bicyclic) bond motifs is 6. The number of nitrogens with two attached hydrogens (primary N) is 3. The number of rotatable bonds is 35. The number of hydrogen-bond donors (Lipinski definition) is 5. The number of carbonyl (C=O) groups is 6. The van der Waals surface area contributed by atoms with Gasteiger partial charge in [-0.1, -0.05) is 269 Å². The summed E-state index contributed by atoms with van der Waals surface area (Å²) in [7, 11) is 3.91. The van der Waals surface area contributed by atoms with Crippen LogP contribution in [0.4, 0.5) is 10.2 Å². The van der Waals surface area contributed by atoms with Gasteiger partial charge < -0.3 is 37.6 Å². The number of piperidine rings is 1. The van der Waals surface area contributed by atoms with Crippen molar-refractivity contribution in [3.63, 3.8) is 0 Å². The molecule has 4 fully saturated rings. The van der Waals surface area contributed by atoms with Crippen LogP contribution in [0.3, 0.4) is 0 Å². The number of benzene rings is 10. The van der Waals surface area contributed by atoms with Crippen LogP contribution in [0.1, 0.15) is 189 Å². The largest absolute Gasteiger partial charge is 0.383 e. The third-order valence-corrected chi connectivity index (χ3v) is 30.9. The number of likely N-dealkylation sites (tertiary alicyclic amines) is 1. The van der Waals surface area contributed by atoms with Gasteiger partial charge in [0.1, 0.15) is 46.3 Å². The molecule has 0 amide bonds. The van der Waals surface area contributed by atoms with Crippen LogP contribution in [0.25, 0.3) is 64.6 Å². The summed E-state index contributed by atoms with van der Waals surface area (Å²) in [6.07, 6.45) is 39.3. The van der Waals surface area contributed by atoms with E-state index in [1.165, 1.54) is 70.6 Å². The second-order valence-electron chi connectivity index (χ2n) is 40.4. The molecule has 770 valence electrons. The summed E-state index contributed by atoms with van der Waals surface area (Å²) in [6, 6.07) is 81.1. The molecule has 2 saturated carbocycles. The molecule has 4 aliphatic rings. The van der Waals surface area contributed by atoms with E-state index in [0.717, 1.165) is 174 Å². The van der Waals surface area contributed by atoms with E-state index in [9.17, 15) is 33.2 Å². The number of aromatic nitrogens is 6. The summed E-state index contributed by atoms with van der Waals surface area (Å²) in [4.78, 5) is 107. The first-order valence-corrected chi connectivity index (χ1v) is 53.8. The molecule has 149 heavy (non-hydrogen) atoms. The molecule has 2 unspecified atom stereocenters. The smallest absolute Gasteiger partial charge is 0.146 e. The highest BCUT2D eigenvalue weighted by atomic mass is 35.5. The first-order chi connectivity index (χ1) is 72.6. The number of likely N-dealkylation sites (N-methyl/N-ethyl adjacent to an activating group) is 1. The van der Waals surface area contributed by atoms with Crippen molar-refractivity contribution in [3.05, 3.63) is 388 Å². The molecule has 20 rings (SSSR count). The van der Waals surface area contributed by atoms with Crippen molar-refractivity contribution in [2.24, 2.45) is 35.1 Å². The minimum Gasteiger partial charge on any atom is -0.383 e. The summed E-state index contributed by atoms with van der Waals surface area (Å²) in [5.41, 5.74) is 27.4. The van der Waals surface area contributed by atoms with Crippen LogP contribution in [0, 0.1) is 29.5 Å². The molecule has 10 aromatic carbocycles. The molecular weight excluding hydrogens is 1890 g/mol. The lowest BCUT2D eigenvalue weighted by Crippen LogP contribution is -2.40. The average Bonchev–Trinajstić information content (AvgIpc) is 1.57. The highest BCUT2D eigenvalue weighted by Gasteiger charge is 2.39. The van der Waals surface area contributed by atoms with Crippen molar-refractivity contribution in [2.75, 3.05) is 72.2 Å². The molecule has 22 heteroatoms. The maximum Gasteiger partial charge on any atom is 0.146 e. The Balaban J connectivity index is 0.000000134. The van der Waals surface area contributed by atoms with Crippen molar-refractivity contribution in [2.45, 2.75) is 184 Å². The summed E-state index contributed by atoms with van der Waals surface area (Å²) in [5, 5.41) is 19.8. The first kappa shape index (κ1) is 110. The van der Waals surface area contributed by atoms with Crippen LogP contribution in [-0.2, 0) is 67.3 Å². The molecule has 0 spiro atoms. The van der Waals surface area contributed by atoms with Gasteiger partial charge in [-0.15, -0.1) is 0 Å². The molecule has 0 radical (unpaired) electrons. The highest BCUT2D eigenvalue weighted by Crippen LogP contribution is 2.40. The van der Waals surface area contributed by atoms with Crippen molar-refractivity contribution in [1.82, 2.24) is 50.3 Å². The summed E-state index contributed by atoms with van der Waals surface area (Å²) in [6.45, 7) is 10.7. The first-order valence-electron chi connectivity index (χ1n) is 53.1. The van der Waals surface area contributed by atoms with Gasteiger partial charge >= 0.3 is 0 Å². The third-order valence-electron chi connectivity index (χ3n) is 30.1. The fraction of sp³-hybridized carbons (Fsp3) is 0.339. The van der Waals surface area contributed by atoms with E-state index in [1.807, 2.05) is 240 Å². The van der Waals surface area contributed by atoms with Gasteiger partial charge in [0.25, 0.3) is 0 Å². The van der Waals surface area contributed by atoms with Gasteiger partial charge in [-0.25, -0.2) is 9.37 Å². The van der Waals surface area contributed by atoms with Gasteiger partial charge in [0.2, 0.25) is 0 Å². The third kappa shape index (κ3) is 30.6. The van der Waals surface area contributed by atoms with Crippen LogP contribution in [0.5, 0.6) is 0 Å². The number of nitrogens with zero attached hydrogens (tertiary/aromatic N) is 8. The minimum absolute atomic E-state index is 0.0313. The monoisotopic (exact) mass is 2030 g/mol. The van der Waals surface area contributed by atoms with Gasteiger partial charge in [-0.3, -0.25) is 53.7 Å². The summed E-state index contributed by atoms with van der Waals surface area (Å²) in [5.74, 6) is 1.90. The maximum absolute atomic E-state index is 14.8. The maximum atomic E-state index is 14.8. The normalized spacial score (nSPS) is 15.7. The Bertz CT molecular complexity index is 7090. The number of nitrogen functional groups attached to an aromatic ring is 1. The molecule has 8 atom stereocenters. The van der Waals surface area contributed by atoms with E-state index in [4.69, 9.17) is 40.4 Å². The number of carbonyl (C=O) groups excluding carboxylic acids is 6. The topological polar surface area (TPSA) is 288 Å². The Morgan fingerprint density at radius 3 is 1.44 bits per heavy atom. The lowest BCUT2D eigenvalue weighted by atomic mass is 9.74. The van der Waals surface area contributed by atoms with Gasteiger partial charge in [0, 0.05) is 204 Å². The standard InChI is InChI=1S/C24H26N2O.C22H23FN2O.C21H25ClN2O.C21H22N2O.C20H25ClN2O.C19H19N3O/c27-24(16-19-9-10-22-17-25-12-11-21(22)15-19)23(20-7-3-1-4-8-20)18-26-13-5-2-6-14-26;1-3-25(2)15-20(16-7-5-4-6-8-16)21(26)13-17-9-10-18-14-24-12-11-19(18)22(17)23;22-21-15(7-8-16-13-23-11-9-17(16)21)12-19(25)20(14-4-1-2-5-14)18-6-3-10-24-18;1-22-11-10-20(17-5-3-2-4-6-17)21(24)14-16-7-8-19-15-23-12-9-18(19)13-16;1-13(22)20(14-5-3-2-4-6-14)19(24)11-16-9-15-7-8-23-12-17(15)10-18(16)21;20-12-17(14-4-2-1-3-5-14)18(23)11-13-6-7-16-15(10-13)8-9-22-19(16)21/h1,3-4,7-12,15,17,23H,2,5-6,13-14,16,18H2;4-12,14,20H,3,13,15H2,1-2H3;7-9,11,13-14,18,20,24H,1-6,10,12H2;2-9,12-13,15,20,22H,10-11,14H2,1H3;7-10,12-14,20H,2-6,11,22H2,1H3;1-10,17H,11-12,20H2,(H2,21,22)/t23-;20-;18?,20-;20-;13?,20-;17-/m110011/s1. The molecule has 19 nitrogen and oxygen atoms in total. The molecule has 8 N–H and O–H groups in total. The molecule has 2 saturated heterocycles. The number of anilines is 1. The number of Topliss-reactive ketones (excluding diaryl/α,β-unsaturated/α-hetero) is 6. The second kappa shape index (κ2) is 55.9. The van der Waals surface area contributed by atoms with Gasteiger partial charge in [0.05, 0.1) is 22.8 Å². The van der Waals surface area contributed by atoms with Crippen LogP contribution >= 0.6 is 23.2 Å². The molecule has 16 aromatic rings. The van der Waals surface area contributed by atoms with Crippen LogP contribution in [0.15, 0.2) is 317 Å². The average molecular weight is 2030 g/mol. The number of ketones is 6. The fourth-order valence-electron chi connectivity index (χ4n) is 21.9. The van der Waals surface area contributed by atoms with Crippen molar-refractivity contribution in [1.29, 1.82) is 0 Å². The Morgan fingerprint density at radius 1 is 0.436 bits per heavy atom. The predicted octanol–water partition coefficient (Wildman–Crippen LogP) is 24.3. The molecule has 0 bridgehead atoms. The second-order valence-corrected chi connectivity index (χ2v) is 41.2. The van der Waals surface area contributed by atoms with E-state index in [0.29, 0.717) is 101 Å². The molecule has 8 heterocycles. The van der Waals surface area contributed by atoms with Crippen molar-refractivity contribution < 1.29 is 33.2 Å². The van der Waals surface area contributed by atoms with E-state index < -0.39 is 0 Å². The molecular formula is C127H140Cl2FN13O6. The summed E-state index contributed by atoms with van der Waals surface area (Å²) >= 11 is 13.0. The van der Waals surface area contributed by atoms with Gasteiger partial charge in [-0.2, -0.15) is 0 Å². The Labute approximate surface area is 886 Å². The van der Waals surface area contributed by atoms with Crippen molar-refractivity contribution in [3.8, 4) is 0 Å². The summed E-state index contributed by atoms with van der Waals surface area (Å²) < 4.78 is 14.8. The zero-order valence-electron chi connectivity index (χ0n) is 86.2. The Kier molecular flexibility index (Phi) is 41.2. The number of halogens is 3. The lowest BCUT2D eigenvalue weighted by molar-refractivity contribution is -0.125. The zero-order chi connectivity index (χ0) is 104. The Morgan fingerprint density at radius 2 is 0.886 bits per heavy atom. The van der Waals surface area contributed by atoms with Crippen LogP contribution < -0.4 is 27.8 Å². The Hall–Kier alpha value is -13.3. The quantitative estimate of drug-likeness (QED) is 0.0247. The van der Waals surface area contributed by atoms with Crippen molar-refractivity contribution >= 4 is 128 Å². The van der Waals surface area contributed by atoms with E-state index in [2.05, 4.69) is 93.7 Å². The predicted molar refractivity (Wildman–Crippen MR) is 605 cm³/mol. The lowest BCUT2D eigenvalue weighted by Gasteiger charge is -2.32. The molecule has 2 aliphatic carbocycles. The van der Waals surface area contributed by atoms with Gasteiger partial charge in [0.15, 0.2) is 0 Å². The van der Waals surface area contributed by atoms with E-state index in [1.54, 1.807) is 61.7 Å². The number of pyridine rings is 6.